The molecule has 1 aromatic rings. The molecule has 0 spiro atoms. The van der Waals surface area contributed by atoms with Crippen LogP contribution in [0.4, 0.5) is 4.39 Å². The molecular formula is C40H54FNO. The summed E-state index contributed by atoms with van der Waals surface area (Å²) >= 11 is 0. The first-order chi connectivity index (χ1) is 21.0. The number of unbranched alkanes of at least 4 members (excludes halogenated alkanes) is 1. The summed E-state index contributed by atoms with van der Waals surface area (Å²) in [6.07, 6.45) is 23.1. The number of carbonyl (C=O) groups excluding carboxylic acids is 1. The molecule has 0 bridgehead atoms. The van der Waals surface area contributed by atoms with Crippen molar-refractivity contribution in [2.45, 2.75) is 122 Å². The number of carbonyl (C=O) groups is 1. The van der Waals surface area contributed by atoms with Gasteiger partial charge in [-0.2, -0.15) is 0 Å². The standard InChI is InChI=1S/C40H54FNO/c1-4-15-32(33-20-10-7-11-21-33)25-27-39(43)40(42-3)34(23-14-19-31-17-8-5-6-9-18-31)22-13-12-16-30(2)28-35-24-26-38(41)37-29-36(35)37/h7,10-11,20-21,23-24,26,30-32,36-37H,4-6,8-9,12-13,15-18,22,25,27-29H2,1-3H3/b34-23-,42-40?/t30-,32-,36?,37?/m1/s1. The summed E-state index contributed by atoms with van der Waals surface area (Å²) in [5.41, 5.74) is 4.42. The van der Waals surface area contributed by atoms with Crippen LogP contribution in [0.3, 0.4) is 0 Å². The number of aliphatic imine (C=N–C) groups is 1. The first-order valence-electron chi connectivity index (χ1n) is 17.3. The van der Waals surface area contributed by atoms with Crippen molar-refractivity contribution in [2.75, 3.05) is 7.05 Å². The molecule has 0 amide bonds. The number of benzene rings is 1. The summed E-state index contributed by atoms with van der Waals surface area (Å²) in [5, 5.41) is 0. The minimum Gasteiger partial charge on any atom is -0.292 e. The Morgan fingerprint density at radius 1 is 1.00 bits per heavy atom. The maximum Gasteiger partial charge on any atom is 0.181 e. The highest BCUT2D eigenvalue weighted by atomic mass is 19.1. The lowest BCUT2D eigenvalue weighted by Crippen LogP contribution is -2.18. The molecule has 0 radical (unpaired) electrons. The average molecular weight is 584 g/mol. The van der Waals surface area contributed by atoms with Crippen molar-refractivity contribution in [3.63, 3.8) is 0 Å². The molecular weight excluding hydrogens is 529 g/mol. The fourth-order valence-corrected chi connectivity index (χ4v) is 7.23. The van der Waals surface area contributed by atoms with Gasteiger partial charge in [-0.05, 0) is 92.4 Å². The average Bonchev–Trinajstić information content (AvgIpc) is 3.85. The lowest BCUT2D eigenvalue weighted by atomic mass is 9.87. The Hall–Kier alpha value is -2.73. The zero-order valence-electron chi connectivity index (χ0n) is 27.1. The summed E-state index contributed by atoms with van der Waals surface area (Å²) in [4.78, 5) is 18.2. The number of hydrogen-bond acceptors (Lipinski definition) is 2. The van der Waals surface area contributed by atoms with Crippen molar-refractivity contribution >= 4 is 11.5 Å². The van der Waals surface area contributed by atoms with E-state index >= 15 is 0 Å². The second-order valence-electron chi connectivity index (χ2n) is 13.4. The Kier molecular flexibility index (Phi) is 13.5. The van der Waals surface area contributed by atoms with Gasteiger partial charge in [-0.1, -0.05) is 113 Å². The molecule has 0 N–H and O–H groups in total. The van der Waals surface area contributed by atoms with Crippen LogP contribution in [0.2, 0.25) is 0 Å². The van der Waals surface area contributed by atoms with Gasteiger partial charge in [0.25, 0.3) is 0 Å². The molecule has 2 saturated carbocycles. The van der Waals surface area contributed by atoms with Gasteiger partial charge in [0.1, 0.15) is 11.5 Å². The van der Waals surface area contributed by atoms with E-state index < -0.39 is 0 Å². The Morgan fingerprint density at radius 2 is 1.77 bits per heavy atom. The van der Waals surface area contributed by atoms with E-state index in [1.807, 2.05) is 12.2 Å². The van der Waals surface area contributed by atoms with Crippen LogP contribution in [0.15, 0.2) is 70.5 Å². The quantitative estimate of drug-likeness (QED) is 0.0874. The zero-order valence-corrected chi connectivity index (χ0v) is 27.1. The number of ketones is 1. The lowest BCUT2D eigenvalue weighted by Gasteiger charge is -2.17. The lowest BCUT2D eigenvalue weighted by molar-refractivity contribution is -0.113. The van der Waals surface area contributed by atoms with E-state index in [-0.39, 0.29) is 17.5 Å². The van der Waals surface area contributed by atoms with Gasteiger partial charge in [0.05, 0.1) is 0 Å². The van der Waals surface area contributed by atoms with Gasteiger partial charge in [-0.25, -0.2) is 4.39 Å². The molecule has 3 aliphatic carbocycles. The molecule has 0 aliphatic heterocycles. The predicted octanol–water partition coefficient (Wildman–Crippen LogP) is 10.9. The third-order valence-corrected chi connectivity index (χ3v) is 9.86. The molecule has 0 aromatic heterocycles. The van der Waals surface area contributed by atoms with E-state index in [1.165, 1.54) is 49.7 Å². The third kappa shape index (κ3) is 10.4. The highest BCUT2D eigenvalue weighted by Crippen LogP contribution is 2.53. The number of fused-ring (bicyclic) bond motifs is 1. The molecule has 2 nitrogen and oxygen atoms in total. The van der Waals surface area contributed by atoms with Crippen molar-refractivity contribution in [1.82, 2.24) is 0 Å². The van der Waals surface area contributed by atoms with E-state index in [9.17, 15) is 9.18 Å². The molecule has 4 rings (SSSR count). The SMILES string of the molecule is CCC[C@H](CCC(=O)C(=NC)/C(=C\C#CC1CCCCCC1)CCCC[C@@H](C)CC1=CC=C(F)C2CC12)c1ccccc1. The van der Waals surface area contributed by atoms with Gasteiger partial charge in [0, 0.05) is 25.3 Å². The normalized spacial score (nSPS) is 22.3. The van der Waals surface area contributed by atoms with Crippen LogP contribution in [0, 0.1) is 35.5 Å². The van der Waals surface area contributed by atoms with Gasteiger partial charge in [-0.15, -0.1) is 0 Å². The largest absolute Gasteiger partial charge is 0.292 e. The number of Topliss-reactive ketones (excluding diaryl/α,β-unsaturated/α-hetero) is 1. The van der Waals surface area contributed by atoms with Crippen LogP contribution >= 0.6 is 0 Å². The summed E-state index contributed by atoms with van der Waals surface area (Å²) < 4.78 is 13.8. The minimum absolute atomic E-state index is 0.0757. The maximum atomic E-state index is 13.8. The minimum atomic E-state index is 0.0757. The summed E-state index contributed by atoms with van der Waals surface area (Å²) in [5.74, 6) is 9.24. The maximum absolute atomic E-state index is 13.8. The van der Waals surface area contributed by atoms with Crippen LogP contribution in [0.5, 0.6) is 0 Å². The predicted molar refractivity (Wildman–Crippen MR) is 180 cm³/mol. The molecule has 2 fully saturated rings. The third-order valence-electron chi connectivity index (χ3n) is 9.86. The molecule has 2 unspecified atom stereocenters. The van der Waals surface area contributed by atoms with Gasteiger partial charge in [0.2, 0.25) is 0 Å². The molecule has 0 heterocycles. The Balaban J connectivity index is 1.36. The number of allylic oxidation sites excluding steroid dienone is 6. The number of hydrogen-bond donors (Lipinski definition) is 0. The van der Waals surface area contributed by atoms with Crippen molar-refractivity contribution in [3.8, 4) is 11.8 Å². The van der Waals surface area contributed by atoms with E-state index in [2.05, 4.69) is 61.0 Å². The van der Waals surface area contributed by atoms with E-state index in [0.29, 0.717) is 35.8 Å². The highest BCUT2D eigenvalue weighted by Gasteiger charge is 2.44. The van der Waals surface area contributed by atoms with Crippen LogP contribution in [0.1, 0.15) is 128 Å². The van der Waals surface area contributed by atoms with E-state index in [1.54, 1.807) is 13.1 Å². The van der Waals surface area contributed by atoms with Gasteiger partial charge in [-0.3, -0.25) is 9.79 Å². The molecule has 4 atom stereocenters. The second-order valence-corrected chi connectivity index (χ2v) is 13.4. The fourth-order valence-electron chi connectivity index (χ4n) is 7.23. The van der Waals surface area contributed by atoms with Crippen LogP contribution < -0.4 is 0 Å². The van der Waals surface area contributed by atoms with Crippen LogP contribution in [-0.4, -0.2) is 18.5 Å². The molecule has 3 aliphatic rings. The van der Waals surface area contributed by atoms with E-state index in [4.69, 9.17) is 0 Å². The number of halogens is 1. The van der Waals surface area contributed by atoms with Gasteiger partial charge in [0.15, 0.2) is 5.78 Å². The molecule has 43 heavy (non-hydrogen) atoms. The van der Waals surface area contributed by atoms with Gasteiger partial charge < -0.3 is 0 Å². The van der Waals surface area contributed by atoms with Crippen molar-refractivity contribution in [3.05, 3.63) is 71.1 Å². The van der Waals surface area contributed by atoms with Crippen LogP contribution in [0.25, 0.3) is 0 Å². The van der Waals surface area contributed by atoms with Crippen molar-refractivity contribution in [1.29, 1.82) is 0 Å². The Morgan fingerprint density at radius 3 is 2.49 bits per heavy atom. The molecule has 1 aromatic carbocycles. The summed E-state index contributed by atoms with van der Waals surface area (Å²) in [6.45, 7) is 4.54. The summed E-state index contributed by atoms with van der Waals surface area (Å²) in [7, 11) is 1.77. The van der Waals surface area contributed by atoms with Crippen LogP contribution in [-0.2, 0) is 4.79 Å². The van der Waals surface area contributed by atoms with Gasteiger partial charge >= 0.3 is 0 Å². The monoisotopic (exact) mass is 583 g/mol. The first kappa shape index (κ1) is 33.2. The zero-order chi connectivity index (χ0) is 30.4. The molecule has 0 saturated heterocycles. The first-order valence-corrected chi connectivity index (χ1v) is 17.3. The van der Waals surface area contributed by atoms with Crippen molar-refractivity contribution in [2.24, 2.45) is 28.7 Å². The Bertz CT molecular complexity index is 1220. The second kappa shape index (κ2) is 17.5. The van der Waals surface area contributed by atoms with Crippen molar-refractivity contribution < 1.29 is 9.18 Å². The molecule has 3 heteroatoms. The fraction of sp³-hybridized carbons (Fsp3) is 0.600. The topological polar surface area (TPSA) is 29.4 Å². The van der Waals surface area contributed by atoms with E-state index in [0.717, 1.165) is 63.4 Å². The summed E-state index contributed by atoms with van der Waals surface area (Å²) in [6, 6.07) is 10.6. The number of nitrogens with zero attached hydrogens (tertiary/aromatic N) is 1. The molecule has 232 valence electrons. The Labute approximate surface area is 261 Å². The smallest absolute Gasteiger partial charge is 0.181 e. The number of rotatable bonds is 15. The highest BCUT2D eigenvalue weighted by molar-refractivity contribution is 6.46.